The molecular weight excluding hydrogens is 202 g/mol. The second-order valence-corrected chi connectivity index (χ2v) is 4.22. The summed E-state index contributed by atoms with van der Waals surface area (Å²) in [6.45, 7) is 13.0. The molecule has 3 nitrogen and oxygen atoms in total. The van der Waals surface area contributed by atoms with E-state index >= 15 is 0 Å². The van der Waals surface area contributed by atoms with Crippen molar-refractivity contribution in [3.8, 4) is 0 Å². The van der Waals surface area contributed by atoms with E-state index in [9.17, 15) is 0 Å². The van der Waals surface area contributed by atoms with E-state index < -0.39 is 0 Å². The Hall–Kier alpha value is 0.646. The first kappa shape index (κ1) is 21.0. The second-order valence-electron chi connectivity index (χ2n) is 4.22. The second kappa shape index (κ2) is 14.6. The van der Waals surface area contributed by atoms with E-state index in [0.29, 0.717) is 13.2 Å². The van der Waals surface area contributed by atoms with E-state index in [0.717, 1.165) is 13.1 Å². The molecule has 0 amide bonds. The van der Waals surface area contributed by atoms with Crippen molar-refractivity contribution in [2.45, 2.75) is 20.8 Å². The molecule has 0 aliphatic rings. The predicted octanol–water partition coefficient (Wildman–Crippen LogP) is 2.14. The summed E-state index contributed by atoms with van der Waals surface area (Å²) in [5, 5.41) is 4.10. The average Bonchev–Trinajstić information content (AvgIpc) is 2.01. The molecule has 0 saturated heterocycles. The Labute approximate surface area is 111 Å². The Morgan fingerprint density at radius 3 is 1.47 bits per heavy atom. The van der Waals surface area contributed by atoms with Gasteiger partial charge < -0.3 is 21.7 Å². The zero-order valence-electron chi connectivity index (χ0n) is 11.0. The molecule has 0 atom stereocenters. The molecule has 0 aromatic rings. The van der Waals surface area contributed by atoms with E-state index in [-0.39, 0.29) is 28.5 Å². The fourth-order valence-corrected chi connectivity index (χ4v) is 0.423. The van der Waals surface area contributed by atoms with Gasteiger partial charge in [0.2, 0.25) is 0 Å². The number of rotatable bonds is 6. The summed E-state index contributed by atoms with van der Waals surface area (Å²) in [5.41, 5.74) is 0.250. The van der Waals surface area contributed by atoms with Crippen LogP contribution in [0.15, 0.2) is 0 Å². The van der Waals surface area contributed by atoms with Gasteiger partial charge in [-0.1, -0.05) is 20.8 Å². The van der Waals surface area contributed by atoms with Gasteiger partial charge in [0, 0.05) is 27.4 Å². The number of hydrogen-bond donors (Lipinski definition) is 0. The summed E-state index contributed by atoms with van der Waals surface area (Å²) >= 11 is 0. The van der Waals surface area contributed by atoms with E-state index in [2.05, 4.69) is 33.0 Å². The van der Waals surface area contributed by atoms with Crippen LogP contribution in [0.4, 0.5) is 0 Å². The quantitative estimate of drug-likeness (QED) is 0.396. The van der Waals surface area contributed by atoms with E-state index in [1.54, 1.807) is 14.2 Å². The molecule has 4 heteroatoms. The van der Waals surface area contributed by atoms with Gasteiger partial charge in [-0.2, -0.15) is 5.41 Å². The normalized spacial score (nSPS) is 10.0. The Kier molecular flexibility index (Phi) is 20.5. The predicted molar refractivity (Wildman–Crippen MR) is 67.4 cm³/mol. The van der Waals surface area contributed by atoms with Crippen LogP contribution in [0.1, 0.15) is 20.8 Å². The van der Waals surface area contributed by atoms with Gasteiger partial charge >= 0.3 is 23.1 Å². The number of hydrogen-bond acceptors (Lipinski definition) is 2. The summed E-state index contributed by atoms with van der Waals surface area (Å²) in [4.78, 5) is 0. The molecule has 0 spiro atoms. The first-order valence-electron chi connectivity index (χ1n) is 4.88. The molecule has 0 aromatic carbocycles. The van der Waals surface area contributed by atoms with Crippen molar-refractivity contribution in [3.63, 3.8) is 0 Å². The van der Waals surface area contributed by atoms with Crippen molar-refractivity contribution in [1.29, 1.82) is 0 Å². The topological polar surface area (TPSA) is 32.6 Å². The van der Waals surface area contributed by atoms with Gasteiger partial charge in [-0.3, -0.25) is 0 Å². The Morgan fingerprint density at radius 1 is 1.00 bits per heavy atom. The standard InChI is InChI=1S/C6H14NO2.C5H11.Mg/c1-8-5-3-7-4-6-9-2;1-5(2,3)4;/h3-6H2,1-2H3;1H2,2-4H3;/q2*-1;+2. The third-order valence-electron chi connectivity index (χ3n) is 0.907. The first-order valence-corrected chi connectivity index (χ1v) is 4.88. The van der Waals surface area contributed by atoms with Crippen LogP contribution in [0.5, 0.6) is 0 Å². The minimum Gasteiger partial charge on any atom is -0.659 e. The van der Waals surface area contributed by atoms with Gasteiger partial charge in [-0.15, -0.1) is 13.1 Å². The molecule has 0 rings (SSSR count). The monoisotopic (exact) mass is 227 g/mol. The van der Waals surface area contributed by atoms with Crippen LogP contribution in [0.25, 0.3) is 5.32 Å². The minimum atomic E-state index is 0. The van der Waals surface area contributed by atoms with Crippen LogP contribution in [-0.2, 0) is 9.47 Å². The van der Waals surface area contributed by atoms with E-state index in [4.69, 9.17) is 9.47 Å². The molecule has 0 aliphatic heterocycles. The molecule has 0 aromatic heterocycles. The molecule has 0 saturated carbocycles. The van der Waals surface area contributed by atoms with Crippen molar-refractivity contribution in [2.75, 3.05) is 40.5 Å². The third-order valence-corrected chi connectivity index (χ3v) is 0.907. The number of nitrogens with zero attached hydrogens (tertiary/aromatic N) is 1. The maximum Gasteiger partial charge on any atom is 2.00 e. The fourth-order valence-electron chi connectivity index (χ4n) is 0.423. The molecule has 0 unspecified atom stereocenters. The van der Waals surface area contributed by atoms with Crippen molar-refractivity contribution in [3.05, 3.63) is 12.2 Å². The first-order chi connectivity index (χ1) is 6.41. The Morgan fingerprint density at radius 2 is 1.27 bits per heavy atom. The molecule has 15 heavy (non-hydrogen) atoms. The molecule has 88 valence electrons. The van der Waals surface area contributed by atoms with Crippen molar-refractivity contribution in [2.24, 2.45) is 5.41 Å². The summed E-state index contributed by atoms with van der Waals surface area (Å²) in [6, 6.07) is 0. The zero-order valence-corrected chi connectivity index (χ0v) is 12.4. The molecule has 0 bridgehead atoms. The van der Waals surface area contributed by atoms with Gasteiger partial charge in [-0.25, -0.2) is 0 Å². The van der Waals surface area contributed by atoms with E-state index in [1.165, 1.54) is 0 Å². The van der Waals surface area contributed by atoms with Gasteiger partial charge in [0.1, 0.15) is 0 Å². The molecule has 0 radical (unpaired) electrons. The maximum atomic E-state index is 4.79. The molecule has 0 N–H and O–H groups in total. The molecular formula is C11H25MgNO2. The molecule has 0 heterocycles. The third kappa shape index (κ3) is 53.0. The largest absolute Gasteiger partial charge is 2.00 e. The Balaban J connectivity index is -0.000000208. The molecule has 0 fully saturated rings. The maximum absolute atomic E-state index is 4.79. The molecule has 0 aliphatic carbocycles. The summed E-state index contributed by atoms with van der Waals surface area (Å²) in [7, 11) is 3.34. The summed E-state index contributed by atoms with van der Waals surface area (Å²) in [6.07, 6.45) is 0. The van der Waals surface area contributed by atoms with Gasteiger partial charge in [-0.05, 0) is 0 Å². The number of methoxy groups -OCH3 is 2. The average molecular weight is 228 g/mol. The van der Waals surface area contributed by atoms with Crippen LogP contribution >= 0.6 is 0 Å². The van der Waals surface area contributed by atoms with Crippen LogP contribution in [0.2, 0.25) is 0 Å². The minimum absolute atomic E-state index is 0. The zero-order chi connectivity index (χ0) is 11.4. The van der Waals surface area contributed by atoms with Crippen LogP contribution in [0, 0.1) is 12.3 Å². The number of ether oxygens (including phenoxy) is 2. The van der Waals surface area contributed by atoms with Crippen molar-refractivity contribution >= 4 is 23.1 Å². The summed E-state index contributed by atoms with van der Waals surface area (Å²) < 4.78 is 9.57. The van der Waals surface area contributed by atoms with E-state index in [1.807, 2.05) is 0 Å². The fraction of sp³-hybridized carbons (Fsp3) is 0.909. The SMILES string of the molecule is COCC[N-]CCOC.[CH2-]C(C)(C)C.[Mg+2]. The van der Waals surface area contributed by atoms with Crippen LogP contribution in [0.3, 0.4) is 0 Å². The Bertz CT molecular complexity index is 93.3. The van der Waals surface area contributed by atoms with Gasteiger partial charge in [0.05, 0.1) is 0 Å². The van der Waals surface area contributed by atoms with Crippen LogP contribution in [-0.4, -0.2) is 63.6 Å². The summed E-state index contributed by atoms with van der Waals surface area (Å²) in [5.74, 6) is 0. The van der Waals surface area contributed by atoms with Gasteiger partial charge in [0.25, 0.3) is 0 Å². The van der Waals surface area contributed by atoms with Crippen molar-refractivity contribution in [1.82, 2.24) is 0 Å². The smallest absolute Gasteiger partial charge is 0.659 e. The van der Waals surface area contributed by atoms with Crippen molar-refractivity contribution < 1.29 is 9.47 Å². The van der Waals surface area contributed by atoms with Crippen LogP contribution < -0.4 is 0 Å². The van der Waals surface area contributed by atoms with Gasteiger partial charge in [0.15, 0.2) is 0 Å².